The number of amides is 1. The smallest absolute Gasteiger partial charge is 0.323 e. The average molecular weight is 438 g/mol. The number of anilines is 1. The third kappa shape index (κ3) is 3.97. The monoisotopic (exact) mass is 437 g/mol. The number of carboxylic acid groups (broad SMARTS) is 1. The lowest BCUT2D eigenvalue weighted by atomic mass is 10.1. The molecule has 0 radical (unpaired) electrons. The molecule has 1 aromatic heterocycles. The number of likely N-dealkylation sites (N-methyl/N-ethyl adjacent to an activating group) is 1. The molecule has 3 aromatic rings. The van der Waals surface area contributed by atoms with Crippen molar-refractivity contribution in [2.24, 2.45) is 0 Å². The Kier molecular flexibility index (Phi) is 5.62. The summed E-state index contributed by atoms with van der Waals surface area (Å²) in [5.41, 5.74) is 1.96. The van der Waals surface area contributed by atoms with E-state index in [4.69, 9.17) is 5.11 Å². The molecule has 0 bridgehead atoms. The number of hydrogen-bond acceptors (Lipinski definition) is 3. The number of aliphatic carboxylic acids is 1. The second-order valence-electron chi connectivity index (χ2n) is 6.13. The van der Waals surface area contributed by atoms with Crippen molar-refractivity contribution in [3.63, 3.8) is 0 Å². The highest BCUT2D eigenvalue weighted by atomic mass is 79.9. The van der Waals surface area contributed by atoms with Crippen molar-refractivity contribution in [3.05, 3.63) is 70.3 Å². The molecule has 2 aromatic carbocycles. The van der Waals surface area contributed by atoms with E-state index in [1.54, 1.807) is 36.0 Å². The molecule has 0 saturated carbocycles. The van der Waals surface area contributed by atoms with E-state index in [0.29, 0.717) is 11.3 Å². The summed E-state index contributed by atoms with van der Waals surface area (Å²) in [4.78, 5) is 25.3. The van der Waals surface area contributed by atoms with Crippen LogP contribution in [0.4, 0.5) is 5.69 Å². The van der Waals surface area contributed by atoms with Gasteiger partial charge in [-0.3, -0.25) is 9.59 Å². The number of rotatable bonds is 5. The molecular weight excluding hydrogens is 422 g/mol. The van der Waals surface area contributed by atoms with E-state index >= 15 is 0 Å². The number of carbonyl (C=O) groups excluding carboxylic acids is 1. The van der Waals surface area contributed by atoms with Crippen LogP contribution in [0.3, 0.4) is 0 Å². The van der Waals surface area contributed by atoms with E-state index in [1.807, 2.05) is 36.4 Å². The lowest BCUT2D eigenvalue weighted by molar-refractivity contribution is -0.137. The minimum absolute atomic E-state index is 0.0383. The maximum atomic E-state index is 12.8. The van der Waals surface area contributed by atoms with Crippen LogP contribution in [0.1, 0.15) is 5.56 Å². The number of nitrogens with zero attached hydrogens (tertiary/aromatic N) is 3. The van der Waals surface area contributed by atoms with Crippen molar-refractivity contribution < 1.29 is 14.7 Å². The van der Waals surface area contributed by atoms with Crippen LogP contribution in [0.2, 0.25) is 0 Å². The number of hydrogen-bond donors (Lipinski definition) is 1. The molecule has 0 saturated heterocycles. The van der Waals surface area contributed by atoms with Crippen LogP contribution in [0.5, 0.6) is 0 Å². The van der Waals surface area contributed by atoms with Gasteiger partial charge in [-0.2, -0.15) is 5.26 Å². The molecule has 1 N–H and O–H groups in total. The third-order valence-corrected chi connectivity index (χ3v) is 4.82. The number of carboxylic acids is 1. The van der Waals surface area contributed by atoms with E-state index in [2.05, 4.69) is 15.9 Å². The minimum Gasteiger partial charge on any atom is -0.480 e. The maximum Gasteiger partial charge on any atom is 0.323 e. The molecule has 1 heterocycles. The number of carbonyl (C=O) groups is 2. The lowest BCUT2D eigenvalue weighted by Crippen LogP contribution is -2.27. The summed E-state index contributed by atoms with van der Waals surface area (Å²) in [7, 11) is 1.60. The van der Waals surface area contributed by atoms with Gasteiger partial charge in [0.2, 0.25) is 0 Å². The van der Waals surface area contributed by atoms with Gasteiger partial charge in [-0.1, -0.05) is 34.1 Å². The number of nitriles is 1. The summed E-state index contributed by atoms with van der Waals surface area (Å²) in [6.07, 6.45) is 3.14. The molecule has 0 aliphatic rings. The van der Waals surface area contributed by atoms with Gasteiger partial charge in [-0.25, -0.2) is 0 Å². The summed E-state index contributed by atoms with van der Waals surface area (Å²) in [5, 5.41) is 19.4. The molecule has 0 aliphatic carbocycles. The highest BCUT2D eigenvalue weighted by Crippen LogP contribution is 2.25. The molecule has 0 unspecified atom stereocenters. The first-order valence-corrected chi connectivity index (χ1v) is 9.15. The van der Waals surface area contributed by atoms with Gasteiger partial charge in [0.15, 0.2) is 0 Å². The Bertz CT molecular complexity index is 1120. The van der Waals surface area contributed by atoms with Crippen LogP contribution in [0, 0.1) is 11.3 Å². The first-order valence-electron chi connectivity index (χ1n) is 8.36. The van der Waals surface area contributed by atoms with Crippen LogP contribution in [0.25, 0.3) is 17.0 Å². The largest absolute Gasteiger partial charge is 0.480 e. The number of aromatic nitrogens is 1. The van der Waals surface area contributed by atoms with Crippen LogP contribution in [0.15, 0.2) is 64.8 Å². The molecule has 140 valence electrons. The fourth-order valence-electron chi connectivity index (χ4n) is 2.93. The minimum atomic E-state index is -0.970. The normalized spacial score (nSPS) is 11.2. The molecule has 0 aliphatic heterocycles. The fraction of sp³-hybridized carbons (Fsp3) is 0.0952. The topological polar surface area (TPSA) is 86.3 Å². The maximum absolute atomic E-state index is 12.8. The Morgan fingerprint density at radius 3 is 2.54 bits per heavy atom. The zero-order valence-electron chi connectivity index (χ0n) is 15.0. The van der Waals surface area contributed by atoms with Crippen molar-refractivity contribution in [1.82, 2.24) is 4.57 Å². The fourth-order valence-corrected chi connectivity index (χ4v) is 3.19. The van der Waals surface area contributed by atoms with E-state index in [1.165, 1.54) is 11.0 Å². The number of fused-ring (bicyclic) bond motifs is 1. The van der Waals surface area contributed by atoms with Crippen molar-refractivity contribution in [2.75, 3.05) is 11.9 Å². The van der Waals surface area contributed by atoms with Crippen LogP contribution in [-0.4, -0.2) is 28.6 Å². The quantitative estimate of drug-likeness (QED) is 0.481. The number of benzene rings is 2. The van der Waals surface area contributed by atoms with Gasteiger partial charge in [-0.05, 0) is 36.4 Å². The molecule has 6 nitrogen and oxygen atoms in total. The van der Waals surface area contributed by atoms with E-state index in [-0.39, 0.29) is 12.1 Å². The Hall–Kier alpha value is -3.37. The standard InChI is InChI=1S/C21H16BrN3O3/c1-24(17-8-6-16(22)7-9-17)21(28)14(11-23)10-15-12-25(13-20(26)27)19-5-3-2-4-18(15)19/h2-10,12H,13H2,1H3,(H,26,27). The van der Waals surface area contributed by atoms with Gasteiger partial charge in [0, 0.05) is 39.9 Å². The molecular formula is C21H16BrN3O3. The van der Waals surface area contributed by atoms with Crippen LogP contribution < -0.4 is 4.90 Å². The Balaban J connectivity index is 2.01. The molecule has 0 atom stereocenters. The van der Waals surface area contributed by atoms with Crippen molar-refractivity contribution in [3.8, 4) is 6.07 Å². The Morgan fingerprint density at radius 2 is 1.89 bits per heavy atom. The van der Waals surface area contributed by atoms with Gasteiger partial charge < -0.3 is 14.6 Å². The molecule has 7 heteroatoms. The third-order valence-electron chi connectivity index (χ3n) is 4.29. The van der Waals surface area contributed by atoms with E-state index in [0.717, 1.165) is 15.4 Å². The summed E-state index contributed by atoms with van der Waals surface area (Å²) >= 11 is 3.35. The number of halogens is 1. The summed E-state index contributed by atoms with van der Waals surface area (Å²) in [6, 6.07) is 16.4. The van der Waals surface area contributed by atoms with E-state index < -0.39 is 11.9 Å². The van der Waals surface area contributed by atoms with Crippen molar-refractivity contribution in [2.45, 2.75) is 6.54 Å². The Morgan fingerprint density at radius 1 is 1.21 bits per heavy atom. The van der Waals surface area contributed by atoms with E-state index in [9.17, 15) is 14.9 Å². The van der Waals surface area contributed by atoms with Crippen molar-refractivity contribution >= 4 is 50.5 Å². The van der Waals surface area contributed by atoms with Gasteiger partial charge in [0.25, 0.3) is 5.91 Å². The molecule has 0 fully saturated rings. The average Bonchev–Trinajstić information content (AvgIpc) is 3.02. The second-order valence-corrected chi connectivity index (χ2v) is 7.05. The van der Waals surface area contributed by atoms with Crippen LogP contribution in [-0.2, 0) is 16.1 Å². The second kappa shape index (κ2) is 8.11. The summed E-state index contributed by atoms with van der Waals surface area (Å²) in [5.74, 6) is -1.41. The Labute approximate surface area is 170 Å². The zero-order chi connectivity index (χ0) is 20.3. The van der Waals surface area contributed by atoms with Crippen molar-refractivity contribution in [1.29, 1.82) is 5.26 Å². The zero-order valence-corrected chi connectivity index (χ0v) is 16.5. The highest BCUT2D eigenvalue weighted by Gasteiger charge is 2.18. The first kappa shape index (κ1) is 19.4. The number of para-hydroxylation sites is 1. The lowest BCUT2D eigenvalue weighted by Gasteiger charge is -2.16. The van der Waals surface area contributed by atoms with Gasteiger partial charge >= 0.3 is 5.97 Å². The predicted octanol–water partition coefficient (Wildman–Crippen LogP) is 4.06. The SMILES string of the molecule is CN(C(=O)C(C#N)=Cc1cn(CC(=O)O)c2ccccc12)c1ccc(Br)cc1. The highest BCUT2D eigenvalue weighted by molar-refractivity contribution is 9.10. The van der Waals surface area contributed by atoms with Gasteiger partial charge in [-0.15, -0.1) is 0 Å². The van der Waals surface area contributed by atoms with Gasteiger partial charge in [0.05, 0.1) is 0 Å². The summed E-state index contributed by atoms with van der Waals surface area (Å²) < 4.78 is 2.47. The molecule has 0 spiro atoms. The molecule has 3 rings (SSSR count). The molecule has 28 heavy (non-hydrogen) atoms. The summed E-state index contributed by atoms with van der Waals surface area (Å²) in [6.45, 7) is -0.205. The van der Waals surface area contributed by atoms with Gasteiger partial charge in [0.1, 0.15) is 18.2 Å². The predicted molar refractivity (Wildman–Crippen MR) is 111 cm³/mol. The molecule has 1 amide bonds. The first-order chi connectivity index (χ1) is 13.4. The van der Waals surface area contributed by atoms with Crippen LogP contribution >= 0.6 is 15.9 Å².